The van der Waals surface area contributed by atoms with Gasteiger partial charge in [0.1, 0.15) is 11.4 Å². The number of amides is 1. The third kappa shape index (κ3) is 4.08. The van der Waals surface area contributed by atoms with Gasteiger partial charge in [-0.2, -0.15) is 0 Å². The van der Waals surface area contributed by atoms with Crippen LogP contribution in [0.25, 0.3) is 17.0 Å². The number of rotatable bonds is 5. The number of methoxy groups -OCH3 is 1. The summed E-state index contributed by atoms with van der Waals surface area (Å²) >= 11 is 3.42. The van der Waals surface area contributed by atoms with Crippen LogP contribution in [0.15, 0.2) is 28.4 Å². The highest BCUT2D eigenvalue weighted by Gasteiger charge is 2.21. The van der Waals surface area contributed by atoms with Gasteiger partial charge in [0, 0.05) is 22.3 Å². The molecule has 132 valence electrons. The van der Waals surface area contributed by atoms with Gasteiger partial charge in [0.2, 0.25) is 5.91 Å². The number of esters is 2. The molecule has 0 bridgehead atoms. The number of benzene rings is 1. The SMILES string of the molecule is CCOC(=O)c1[nH]c2c(Br)cccc2c1/C=C(\NC(C)=O)C(=O)OC. The van der Waals surface area contributed by atoms with E-state index in [0.29, 0.717) is 16.5 Å². The Bertz CT molecular complexity index is 869. The average molecular weight is 409 g/mol. The Morgan fingerprint density at radius 1 is 1.32 bits per heavy atom. The minimum Gasteiger partial charge on any atom is -0.464 e. The number of ether oxygens (including phenoxy) is 2. The molecule has 0 atom stereocenters. The van der Waals surface area contributed by atoms with E-state index in [4.69, 9.17) is 4.74 Å². The van der Waals surface area contributed by atoms with Crippen molar-refractivity contribution in [1.29, 1.82) is 0 Å². The number of H-pyrrole nitrogens is 1. The van der Waals surface area contributed by atoms with Crippen LogP contribution in [0.4, 0.5) is 0 Å². The molecule has 0 aliphatic carbocycles. The lowest BCUT2D eigenvalue weighted by Crippen LogP contribution is -2.25. The van der Waals surface area contributed by atoms with Gasteiger partial charge in [-0.15, -0.1) is 0 Å². The smallest absolute Gasteiger partial charge is 0.355 e. The molecule has 0 spiro atoms. The highest BCUT2D eigenvalue weighted by molar-refractivity contribution is 9.10. The molecule has 0 saturated heterocycles. The van der Waals surface area contributed by atoms with Crippen LogP contribution in [0.3, 0.4) is 0 Å². The number of aromatic amines is 1. The fourth-order valence-electron chi connectivity index (χ4n) is 2.31. The maximum Gasteiger partial charge on any atom is 0.355 e. The molecular weight excluding hydrogens is 392 g/mol. The zero-order valence-corrected chi connectivity index (χ0v) is 15.5. The van der Waals surface area contributed by atoms with Crippen LogP contribution in [-0.2, 0) is 19.1 Å². The summed E-state index contributed by atoms with van der Waals surface area (Å²) in [5, 5.41) is 3.10. The van der Waals surface area contributed by atoms with Gasteiger partial charge in [-0.05, 0) is 35.0 Å². The lowest BCUT2D eigenvalue weighted by atomic mass is 10.1. The molecule has 7 nitrogen and oxygen atoms in total. The van der Waals surface area contributed by atoms with E-state index in [0.717, 1.165) is 4.47 Å². The number of halogens is 1. The van der Waals surface area contributed by atoms with Crippen molar-refractivity contribution in [3.05, 3.63) is 39.6 Å². The van der Waals surface area contributed by atoms with Gasteiger partial charge in [-0.3, -0.25) is 4.79 Å². The summed E-state index contributed by atoms with van der Waals surface area (Å²) in [6, 6.07) is 5.40. The van der Waals surface area contributed by atoms with Crippen LogP contribution in [0.1, 0.15) is 29.9 Å². The van der Waals surface area contributed by atoms with Crippen LogP contribution in [0.2, 0.25) is 0 Å². The van der Waals surface area contributed by atoms with Crippen molar-refractivity contribution < 1.29 is 23.9 Å². The lowest BCUT2D eigenvalue weighted by molar-refractivity contribution is -0.137. The Labute approximate surface area is 152 Å². The molecule has 1 aromatic carbocycles. The van der Waals surface area contributed by atoms with E-state index in [9.17, 15) is 14.4 Å². The first-order chi connectivity index (χ1) is 11.9. The minimum absolute atomic E-state index is 0.0820. The number of hydrogen-bond donors (Lipinski definition) is 2. The lowest BCUT2D eigenvalue weighted by Gasteiger charge is -2.07. The largest absolute Gasteiger partial charge is 0.464 e. The first-order valence-electron chi connectivity index (χ1n) is 7.44. The molecule has 8 heteroatoms. The van der Waals surface area contributed by atoms with E-state index in [1.54, 1.807) is 19.1 Å². The molecule has 0 fully saturated rings. The van der Waals surface area contributed by atoms with Gasteiger partial charge < -0.3 is 19.8 Å². The molecule has 0 radical (unpaired) electrons. The predicted molar refractivity (Wildman–Crippen MR) is 95.8 cm³/mol. The number of para-hydroxylation sites is 1. The number of fused-ring (bicyclic) bond motifs is 1. The van der Waals surface area contributed by atoms with Crippen molar-refractivity contribution in [1.82, 2.24) is 10.3 Å². The van der Waals surface area contributed by atoms with Gasteiger partial charge >= 0.3 is 11.9 Å². The molecule has 25 heavy (non-hydrogen) atoms. The van der Waals surface area contributed by atoms with Crippen molar-refractivity contribution in [3.8, 4) is 0 Å². The van der Waals surface area contributed by atoms with Gasteiger partial charge in [0.05, 0.1) is 19.2 Å². The molecular formula is C17H17BrN2O5. The second kappa shape index (κ2) is 7.98. The Morgan fingerprint density at radius 2 is 2.04 bits per heavy atom. The van der Waals surface area contributed by atoms with Crippen molar-refractivity contribution >= 4 is 50.8 Å². The van der Waals surface area contributed by atoms with E-state index >= 15 is 0 Å². The Morgan fingerprint density at radius 3 is 2.64 bits per heavy atom. The topological polar surface area (TPSA) is 97.5 Å². The van der Waals surface area contributed by atoms with Crippen molar-refractivity contribution in [2.75, 3.05) is 13.7 Å². The van der Waals surface area contributed by atoms with Crippen molar-refractivity contribution in [2.45, 2.75) is 13.8 Å². The summed E-state index contributed by atoms with van der Waals surface area (Å²) < 4.78 is 10.5. The maximum atomic E-state index is 12.3. The molecule has 1 heterocycles. The maximum absolute atomic E-state index is 12.3. The Balaban J connectivity index is 2.71. The number of carbonyl (C=O) groups is 3. The van der Waals surface area contributed by atoms with E-state index in [2.05, 4.69) is 31.0 Å². The molecule has 2 aromatic rings. The van der Waals surface area contributed by atoms with E-state index in [1.165, 1.54) is 20.1 Å². The predicted octanol–water partition coefficient (Wildman–Crippen LogP) is 2.76. The second-order valence-corrected chi connectivity index (χ2v) is 5.88. The zero-order chi connectivity index (χ0) is 18.6. The van der Waals surface area contributed by atoms with E-state index in [-0.39, 0.29) is 18.0 Å². The molecule has 2 rings (SSSR count). The molecule has 0 aliphatic heterocycles. The fourth-order valence-corrected chi connectivity index (χ4v) is 2.77. The molecule has 2 N–H and O–H groups in total. The van der Waals surface area contributed by atoms with Crippen LogP contribution in [0, 0.1) is 0 Å². The Hall–Kier alpha value is -2.61. The van der Waals surface area contributed by atoms with Gasteiger partial charge in [-0.25, -0.2) is 9.59 Å². The number of nitrogens with one attached hydrogen (secondary N) is 2. The summed E-state index contributed by atoms with van der Waals surface area (Å²) in [6.07, 6.45) is 1.39. The van der Waals surface area contributed by atoms with Crippen LogP contribution >= 0.6 is 15.9 Å². The Kier molecular flexibility index (Phi) is 5.97. The van der Waals surface area contributed by atoms with Crippen molar-refractivity contribution in [3.63, 3.8) is 0 Å². The molecule has 0 saturated carbocycles. The van der Waals surface area contributed by atoms with Gasteiger partial charge in [-0.1, -0.05) is 12.1 Å². The number of hydrogen-bond acceptors (Lipinski definition) is 5. The fraction of sp³-hybridized carbons (Fsp3) is 0.235. The molecule has 0 aliphatic rings. The molecule has 1 amide bonds. The minimum atomic E-state index is -0.727. The van der Waals surface area contributed by atoms with Gasteiger partial charge in [0.25, 0.3) is 0 Å². The normalized spacial score (nSPS) is 11.3. The highest BCUT2D eigenvalue weighted by atomic mass is 79.9. The number of aromatic nitrogens is 1. The van der Waals surface area contributed by atoms with Crippen LogP contribution < -0.4 is 5.32 Å². The summed E-state index contributed by atoms with van der Waals surface area (Å²) in [6.45, 7) is 3.17. The highest BCUT2D eigenvalue weighted by Crippen LogP contribution is 2.30. The summed E-state index contributed by atoms with van der Waals surface area (Å²) in [7, 11) is 1.20. The summed E-state index contributed by atoms with van der Waals surface area (Å²) in [4.78, 5) is 38.6. The zero-order valence-electron chi connectivity index (χ0n) is 13.9. The third-order valence-electron chi connectivity index (χ3n) is 3.31. The first-order valence-corrected chi connectivity index (χ1v) is 8.23. The first kappa shape index (κ1) is 18.7. The average Bonchev–Trinajstić information content (AvgIpc) is 2.93. The van der Waals surface area contributed by atoms with Crippen LogP contribution in [0.5, 0.6) is 0 Å². The van der Waals surface area contributed by atoms with Gasteiger partial charge in [0.15, 0.2) is 0 Å². The summed E-state index contributed by atoms with van der Waals surface area (Å²) in [5.74, 6) is -1.73. The quantitative estimate of drug-likeness (QED) is 0.585. The molecule has 1 aromatic heterocycles. The van der Waals surface area contributed by atoms with E-state index < -0.39 is 17.8 Å². The molecule has 0 unspecified atom stereocenters. The monoisotopic (exact) mass is 408 g/mol. The second-order valence-electron chi connectivity index (χ2n) is 5.03. The third-order valence-corrected chi connectivity index (χ3v) is 3.97. The standard InChI is InChI=1S/C17H17BrN2O5/c1-4-25-17(23)15-11(8-13(16(22)24-3)19-9(2)21)10-6-5-7-12(18)14(10)20-15/h5-8,20H,4H2,1-3H3,(H,19,21)/b13-8-. The van der Waals surface area contributed by atoms with Crippen LogP contribution in [-0.4, -0.2) is 36.5 Å². The van der Waals surface area contributed by atoms with Crippen molar-refractivity contribution in [2.24, 2.45) is 0 Å². The number of carbonyl (C=O) groups excluding carboxylic acids is 3. The summed E-state index contributed by atoms with van der Waals surface area (Å²) in [5.41, 5.74) is 1.18. The van der Waals surface area contributed by atoms with E-state index in [1.807, 2.05) is 6.07 Å².